The molecule has 0 aliphatic carbocycles. The van der Waals surface area contributed by atoms with Crippen molar-refractivity contribution < 1.29 is 19.2 Å². The number of aromatic nitrogens is 2. The van der Waals surface area contributed by atoms with Crippen LogP contribution in [0.4, 0.5) is 0 Å². The van der Waals surface area contributed by atoms with Crippen molar-refractivity contribution in [1.82, 2.24) is 15.5 Å². The van der Waals surface area contributed by atoms with Crippen molar-refractivity contribution in [3.8, 4) is 0 Å². The Morgan fingerprint density at radius 1 is 1.53 bits per heavy atom. The van der Waals surface area contributed by atoms with E-state index in [1.807, 2.05) is 6.92 Å². The maximum absolute atomic E-state index is 11.8. The molecule has 0 fully saturated rings. The second-order valence-electron chi connectivity index (χ2n) is 3.89. The Labute approximate surface area is 112 Å². The number of hydrogen-bond donors (Lipinski definition) is 2. The summed E-state index contributed by atoms with van der Waals surface area (Å²) < 4.78 is 4.52. The van der Waals surface area contributed by atoms with E-state index < -0.39 is 11.9 Å². The van der Waals surface area contributed by atoms with Crippen molar-refractivity contribution >= 4 is 23.2 Å². The summed E-state index contributed by atoms with van der Waals surface area (Å²) in [5.74, 6) is -2.14. The molecule has 1 unspecified atom stereocenters. The Morgan fingerprint density at radius 3 is 2.79 bits per heavy atom. The zero-order chi connectivity index (χ0) is 14.0. The number of carbonyl (C=O) groups is 2. The van der Waals surface area contributed by atoms with Crippen LogP contribution >= 0.6 is 11.3 Å². The van der Waals surface area contributed by atoms with Gasteiger partial charge in [0.1, 0.15) is 5.01 Å². The molecule has 0 aliphatic rings. The van der Waals surface area contributed by atoms with Crippen LogP contribution in [0.15, 0.2) is 16.8 Å². The molecule has 0 aliphatic heterocycles. The number of aryl methyl sites for hydroxylation is 1. The van der Waals surface area contributed by atoms with E-state index in [1.165, 1.54) is 11.3 Å². The number of carboxylic acid groups (broad SMARTS) is 1. The number of aromatic carboxylic acids is 1. The summed E-state index contributed by atoms with van der Waals surface area (Å²) in [5, 5.41) is 15.5. The van der Waals surface area contributed by atoms with Crippen LogP contribution in [0.1, 0.15) is 43.9 Å². The van der Waals surface area contributed by atoms with Gasteiger partial charge < -0.3 is 14.9 Å². The molecule has 0 bridgehead atoms. The average Bonchev–Trinajstić information content (AvgIpc) is 2.96. The van der Waals surface area contributed by atoms with Gasteiger partial charge in [0.05, 0.1) is 6.04 Å². The highest BCUT2D eigenvalue weighted by molar-refractivity contribution is 7.11. The van der Waals surface area contributed by atoms with E-state index in [1.54, 1.807) is 13.1 Å². The van der Waals surface area contributed by atoms with Gasteiger partial charge in [-0.2, -0.15) is 0 Å². The summed E-state index contributed by atoms with van der Waals surface area (Å²) in [6, 6.07) is 0.800. The highest BCUT2D eigenvalue weighted by Crippen LogP contribution is 2.19. The van der Waals surface area contributed by atoms with E-state index in [0.29, 0.717) is 0 Å². The van der Waals surface area contributed by atoms with Gasteiger partial charge in [-0.3, -0.25) is 4.79 Å². The van der Waals surface area contributed by atoms with E-state index in [-0.39, 0.29) is 17.5 Å². The van der Waals surface area contributed by atoms with E-state index in [0.717, 1.165) is 16.0 Å². The van der Waals surface area contributed by atoms with Gasteiger partial charge in [0.25, 0.3) is 5.91 Å². The van der Waals surface area contributed by atoms with Crippen LogP contribution in [0.5, 0.6) is 0 Å². The van der Waals surface area contributed by atoms with Crippen LogP contribution in [0.25, 0.3) is 0 Å². The van der Waals surface area contributed by atoms with Crippen LogP contribution in [0.2, 0.25) is 0 Å². The summed E-state index contributed by atoms with van der Waals surface area (Å²) in [4.78, 5) is 27.6. The number of nitrogens with one attached hydrogen (secondary N) is 1. The van der Waals surface area contributed by atoms with Gasteiger partial charge in [0.15, 0.2) is 5.69 Å². The van der Waals surface area contributed by atoms with Gasteiger partial charge in [-0.15, -0.1) is 11.3 Å². The molecular formula is C11H11N3O4S. The SMILES string of the molecule is Cc1cnc(C(C)NC(=O)c2cc(C(=O)O)on2)s1. The van der Waals surface area contributed by atoms with Crippen LogP contribution in [-0.4, -0.2) is 27.1 Å². The Kier molecular flexibility index (Phi) is 3.61. The molecule has 2 N–H and O–H groups in total. The average molecular weight is 281 g/mol. The van der Waals surface area contributed by atoms with Gasteiger partial charge in [-0.1, -0.05) is 5.16 Å². The highest BCUT2D eigenvalue weighted by Gasteiger charge is 2.19. The lowest BCUT2D eigenvalue weighted by molar-refractivity contribution is 0.0651. The topological polar surface area (TPSA) is 105 Å². The molecule has 0 saturated carbocycles. The summed E-state index contributed by atoms with van der Waals surface area (Å²) in [7, 11) is 0. The molecule has 1 atom stereocenters. The second-order valence-corrected chi connectivity index (χ2v) is 5.15. The number of amides is 1. The van der Waals surface area contributed by atoms with Crippen molar-refractivity contribution in [2.45, 2.75) is 19.9 Å². The fourth-order valence-electron chi connectivity index (χ4n) is 1.39. The lowest BCUT2D eigenvalue weighted by atomic mass is 10.3. The maximum Gasteiger partial charge on any atom is 0.374 e. The quantitative estimate of drug-likeness (QED) is 0.882. The molecular weight excluding hydrogens is 270 g/mol. The Hall–Kier alpha value is -2.22. The summed E-state index contributed by atoms with van der Waals surface area (Å²) >= 11 is 1.48. The first-order chi connectivity index (χ1) is 8.97. The standard InChI is InChI=1S/C11H11N3O4S/c1-5-4-12-10(19-5)6(2)13-9(15)7-3-8(11(16)17)18-14-7/h3-4,6H,1-2H3,(H,13,15)(H,16,17). The zero-order valence-electron chi connectivity index (χ0n) is 10.2. The van der Waals surface area contributed by atoms with Crippen molar-refractivity contribution in [1.29, 1.82) is 0 Å². The summed E-state index contributed by atoms with van der Waals surface area (Å²) in [6.07, 6.45) is 1.72. The molecule has 1 amide bonds. The molecule has 2 aromatic heterocycles. The van der Waals surface area contributed by atoms with E-state index in [2.05, 4.69) is 20.0 Å². The van der Waals surface area contributed by atoms with Crippen LogP contribution in [0, 0.1) is 6.92 Å². The second kappa shape index (κ2) is 5.19. The predicted molar refractivity (Wildman–Crippen MR) is 66.2 cm³/mol. The normalized spacial score (nSPS) is 12.1. The smallest absolute Gasteiger partial charge is 0.374 e. The molecule has 0 saturated heterocycles. The molecule has 2 rings (SSSR count). The first-order valence-electron chi connectivity index (χ1n) is 5.40. The maximum atomic E-state index is 11.8. The fraction of sp³-hybridized carbons (Fsp3) is 0.273. The third-order valence-electron chi connectivity index (χ3n) is 2.31. The third kappa shape index (κ3) is 2.97. The number of carboxylic acids is 1. The van der Waals surface area contributed by atoms with Crippen molar-refractivity contribution in [2.75, 3.05) is 0 Å². The number of hydrogen-bond acceptors (Lipinski definition) is 6. The number of thiazole rings is 1. The predicted octanol–water partition coefficient (Wildman–Crippen LogP) is 1.63. The highest BCUT2D eigenvalue weighted by atomic mass is 32.1. The van der Waals surface area contributed by atoms with Gasteiger partial charge in [0.2, 0.25) is 5.76 Å². The molecule has 2 aromatic rings. The van der Waals surface area contributed by atoms with Crippen LogP contribution in [0.3, 0.4) is 0 Å². The van der Waals surface area contributed by atoms with Gasteiger partial charge in [-0.05, 0) is 13.8 Å². The Balaban J connectivity index is 2.06. The minimum Gasteiger partial charge on any atom is -0.475 e. The molecule has 7 nitrogen and oxygen atoms in total. The molecule has 8 heteroatoms. The minimum absolute atomic E-state index is 0.0717. The van der Waals surface area contributed by atoms with Gasteiger partial charge in [0, 0.05) is 17.1 Å². The Bertz CT molecular complexity index is 619. The summed E-state index contributed by atoms with van der Waals surface area (Å²) in [5.41, 5.74) is -0.0717. The molecule has 0 aromatic carbocycles. The molecule has 100 valence electrons. The number of nitrogens with zero attached hydrogens (tertiary/aromatic N) is 2. The van der Waals surface area contributed by atoms with Crippen molar-refractivity contribution in [2.24, 2.45) is 0 Å². The van der Waals surface area contributed by atoms with Crippen LogP contribution < -0.4 is 5.32 Å². The lowest BCUT2D eigenvalue weighted by Gasteiger charge is -2.09. The molecule has 2 heterocycles. The van der Waals surface area contributed by atoms with E-state index in [4.69, 9.17) is 5.11 Å². The first-order valence-corrected chi connectivity index (χ1v) is 6.22. The fourth-order valence-corrected chi connectivity index (χ4v) is 2.16. The van der Waals surface area contributed by atoms with E-state index >= 15 is 0 Å². The zero-order valence-corrected chi connectivity index (χ0v) is 11.0. The largest absolute Gasteiger partial charge is 0.475 e. The number of rotatable bonds is 4. The molecule has 0 spiro atoms. The van der Waals surface area contributed by atoms with Crippen LogP contribution in [-0.2, 0) is 0 Å². The van der Waals surface area contributed by atoms with E-state index in [9.17, 15) is 9.59 Å². The number of carbonyl (C=O) groups excluding carboxylic acids is 1. The summed E-state index contributed by atoms with van der Waals surface area (Å²) in [6.45, 7) is 3.71. The Morgan fingerprint density at radius 2 is 2.26 bits per heavy atom. The van der Waals surface area contributed by atoms with Crippen molar-refractivity contribution in [3.05, 3.63) is 33.6 Å². The lowest BCUT2D eigenvalue weighted by Crippen LogP contribution is -2.26. The van der Waals surface area contributed by atoms with Gasteiger partial charge >= 0.3 is 5.97 Å². The van der Waals surface area contributed by atoms with Gasteiger partial charge in [-0.25, -0.2) is 9.78 Å². The van der Waals surface area contributed by atoms with Crippen molar-refractivity contribution in [3.63, 3.8) is 0 Å². The molecule has 19 heavy (non-hydrogen) atoms. The first kappa shape index (κ1) is 13.2. The molecule has 0 radical (unpaired) electrons. The minimum atomic E-state index is -1.27. The monoisotopic (exact) mass is 281 g/mol. The third-order valence-corrected chi connectivity index (χ3v) is 3.41.